The van der Waals surface area contributed by atoms with Crippen molar-refractivity contribution in [1.82, 2.24) is 30.0 Å². The van der Waals surface area contributed by atoms with E-state index in [9.17, 15) is 0 Å². The molecule has 1 aliphatic rings. The molecule has 8 nitrogen and oxygen atoms in total. The predicted octanol–water partition coefficient (Wildman–Crippen LogP) is 2.16. The first-order chi connectivity index (χ1) is 13.7. The van der Waals surface area contributed by atoms with Gasteiger partial charge in [0, 0.05) is 46.0 Å². The van der Waals surface area contributed by atoms with Crippen LogP contribution >= 0.6 is 35.7 Å². The highest BCUT2D eigenvalue weighted by Crippen LogP contribution is 2.13. The number of aryl methyl sites for hydroxylation is 1. The van der Waals surface area contributed by atoms with Crippen LogP contribution in [0, 0.1) is 6.92 Å². The number of hydrogen-bond acceptors (Lipinski definition) is 6. The highest BCUT2D eigenvalue weighted by Gasteiger charge is 2.20. The summed E-state index contributed by atoms with van der Waals surface area (Å²) in [6.45, 7) is 7.13. The third-order valence-electron chi connectivity index (χ3n) is 4.91. The first kappa shape index (κ1) is 23.7. The van der Waals surface area contributed by atoms with Crippen LogP contribution in [0.2, 0.25) is 0 Å². The molecule has 0 saturated carbocycles. The van der Waals surface area contributed by atoms with Gasteiger partial charge in [-0.05, 0) is 37.5 Å². The molecule has 10 heteroatoms. The van der Waals surface area contributed by atoms with Crippen LogP contribution < -0.4 is 10.2 Å². The number of rotatable bonds is 7. The third-order valence-corrected chi connectivity index (χ3v) is 5.61. The van der Waals surface area contributed by atoms with Gasteiger partial charge >= 0.3 is 0 Å². The molecule has 2 aromatic rings. The van der Waals surface area contributed by atoms with Gasteiger partial charge in [-0.2, -0.15) is 11.8 Å². The van der Waals surface area contributed by atoms with E-state index >= 15 is 0 Å². The van der Waals surface area contributed by atoms with Crippen molar-refractivity contribution >= 4 is 47.5 Å². The number of nitrogens with one attached hydrogen (secondary N) is 1. The summed E-state index contributed by atoms with van der Waals surface area (Å²) in [5, 5.41) is 11.9. The van der Waals surface area contributed by atoms with Crippen molar-refractivity contribution in [1.29, 1.82) is 0 Å². The van der Waals surface area contributed by atoms with E-state index in [2.05, 4.69) is 42.6 Å². The molecule has 1 N–H and O–H groups in total. The van der Waals surface area contributed by atoms with Crippen LogP contribution in [-0.4, -0.2) is 75.3 Å². The van der Waals surface area contributed by atoms with Crippen LogP contribution in [0.25, 0.3) is 0 Å². The molecule has 0 radical (unpaired) electrons. The summed E-state index contributed by atoms with van der Waals surface area (Å²) in [5.41, 5.74) is 0. The number of piperazine rings is 1. The van der Waals surface area contributed by atoms with Gasteiger partial charge in [0.1, 0.15) is 18.2 Å². The minimum atomic E-state index is 0. The molecule has 160 valence electrons. The lowest BCUT2D eigenvalue weighted by atomic mass is 10.3. The maximum absolute atomic E-state index is 4.85. The van der Waals surface area contributed by atoms with Crippen LogP contribution in [0.5, 0.6) is 0 Å². The van der Waals surface area contributed by atoms with Gasteiger partial charge in [0.05, 0.1) is 0 Å². The second-order valence-electron chi connectivity index (χ2n) is 6.80. The van der Waals surface area contributed by atoms with Crippen molar-refractivity contribution in [3.05, 3.63) is 36.0 Å². The zero-order chi connectivity index (χ0) is 19.8. The van der Waals surface area contributed by atoms with Crippen molar-refractivity contribution < 1.29 is 0 Å². The van der Waals surface area contributed by atoms with Crippen molar-refractivity contribution in [2.24, 2.45) is 12.0 Å². The standard InChI is InChI=1S/C19H30N8S.HI/c1-16-23-24-18(25(16)2)15-22-19(21-9-6-14-28-3)27-12-10-26(11-13-27)17-7-4-5-8-20-17;/h4-5,7-8H,6,9-15H2,1-3H3,(H,21,22);1H. The molecule has 0 aromatic carbocycles. The van der Waals surface area contributed by atoms with Gasteiger partial charge in [-0.3, -0.25) is 0 Å². The molecule has 0 amide bonds. The summed E-state index contributed by atoms with van der Waals surface area (Å²) in [6.07, 6.45) is 5.12. The highest BCUT2D eigenvalue weighted by molar-refractivity contribution is 14.0. The molecular weight excluding hydrogens is 499 g/mol. The Bertz CT molecular complexity index is 759. The van der Waals surface area contributed by atoms with Crippen LogP contribution in [0.3, 0.4) is 0 Å². The lowest BCUT2D eigenvalue weighted by Crippen LogP contribution is -2.53. The summed E-state index contributed by atoms with van der Waals surface area (Å²) in [7, 11) is 1.98. The van der Waals surface area contributed by atoms with E-state index < -0.39 is 0 Å². The van der Waals surface area contributed by atoms with E-state index in [1.165, 1.54) is 0 Å². The third kappa shape index (κ3) is 6.73. The number of halogens is 1. The smallest absolute Gasteiger partial charge is 0.194 e. The fourth-order valence-electron chi connectivity index (χ4n) is 3.11. The number of aromatic nitrogens is 4. The molecule has 1 aliphatic heterocycles. The molecule has 0 bridgehead atoms. The van der Waals surface area contributed by atoms with E-state index in [-0.39, 0.29) is 24.0 Å². The van der Waals surface area contributed by atoms with Crippen LogP contribution in [0.1, 0.15) is 18.1 Å². The predicted molar refractivity (Wildman–Crippen MR) is 131 cm³/mol. The van der Waals surface area contributed by atoms with Crippen LogP contribution in [0.4, 0.5) is 5.82 Å². The summed E-state index contributed by atoms with van der Waals surface area (Å²) in [6, 6.07) is 6.07. The lowest BCUT2D eigenvalue weighted by molar-refractivity contribution is 0.370. The van der Waals surface area contributed by atoms with Gasteiger partial charge in [-0.15, -0.1) is 34.2 Å². The Kier molecular flexibility index (Phi) is 9.98. The Labute approximate surface area is 194 Å². The second-order valence-corrected chi connectivity index (χ2v) is 7.78. The quantitative estimate of drug-likeness (QED) is 0.255. The molecule has 1 saturated heterocycles. The number of thioether (sulfide) groups is 1. The molecule has 29 heavy (non-hydrogen) atoms. The zero-order valence-corrected chi connectivity index (χ0v) is 20.6. The van der Waals surface area contributed by atoms with Gasteiger partial charge in [-0.1, -0.05) is 6.07 Å². The highest BCUT2D eigenvalue weighted by atomic mass is 127. The number of aliphatic imine (C=N–C) groups is 1. The van der Waals surface area contributed by atoms with E-state index in [1.807, 2.05) is 48.6 Å². The molecule has 0 spiro atoms. The minimum absolute atomic E-state index is 0. The Hall–Kier alpha value is -1.56. The second kappa shape index (κ2) is 12.2. The fraction of sp³-hybridized carbons (Fsp3) is 0.579. The van der Waals surface area contributed by atoms with Gasteiger partial charge in [0.15, 0.2) is 11.8 Å². The van der Waals surface area contributed by atoms with Crippen molar-refractivity contribution in [3.8, 4) is 0 Å². The van der Waals surface area contributed by atoms with Crippen molar-refractivity contribution in [2.75, 3.05) is 49.6 Å². The fourth-order valence-corrected chi connectivity index (χ4v) is 3.54. The average molecular weight is 530 g/mol. The number of hydrogen-bond donors (Lipinski definition) is 1. The normalized spacial score (nSPS) is 14.7. The summed E-state index contributed by atoms with van der Waals surface area (Å²) >= 11 is 1.87. The Morgan fingerprint density at radius 2 is 2.00 bits per heavy atom. The van der Waals surface area contributed by atoms with Gasteiger partial charge in [-0.25, -0.2) is 9.98 Å². The van der Waals surface area contributed by atoms with Crippen molar-refractivity contribution in [2.45, 2.75) is 19.9 Å². The van der Waals surface area contributed by atoms with E-state index in [0.717, 1.165) is 68.3 Å². The molecule has 0 unspecified atom stereocenters. The first-order valence-corrected chi connectivity index (χ1v) is 11.1. The number of pyridine rings is 1. The van der Waals surface area contributed by atoms with Crippen LogP contribution in [-0.2, 0) is 13.6 Å². The minimum Gasteiger partial charge on any atom is -0.356 e. The Morgan fingerprint density at radius 3 is 2.62 bits per heavy atom. The maximum Gasteiger partial charge on any atom is 0.194 e. The average Bonchev–Trinajstić information content (AvgIpc) is 3.06. The topological polar surface area (TPSA) is 74.5 Å². The van der Waals surface area contributed by atoms with Crippen molar-refractivity contribution in [3.63, 3.8) is 0 Å². The molecular formula is C19H31IN8S. The molecule has 0 aliphatic carbocycles. The molecule has 2 aromatic heterocycles. The Morgan fingerprint density at radius 1 is 1.21 bits per heavy atom. The molecule has 3 heterocycles. The van der Waals surface area contributed by atoms with E-state index in [4.69, 9.17) is 4.99 Å². The van der Waals surface area contributed by atoms with Gasteiger partial charge in [0.2, 0.25) is 0 Å². The van der Waals surface area contributed by atoms with E-state index in [0.29, 0.717) is 6.54 Å². The first-order valence-electron chi connectivity index (χ1n) is 9.72. The van der Waals surface area contributed by atoms with E-state index in [1.54, 1.807) is 0 Å². The summed E-state index contributed by atoms with van der Waals surface area (Å²) < 4.78 is 1.99. The number of nitrogens with zero attached hydrogens (tertiary/aromatic N) is 7. The summed E-state index contributed by atoms with van der Waals surface area (Å²) in [4.78, 5) is 14.0. The Balaban J connectivity index is 0.00000300. The zero-order valence-electron chi connectivity index (χ0n) is 17.4. The largest absolute Gasteiger partial charge is 0.356 e. The lowest BCUT2D eigenvalue weighted by Gasteiger charge is -2.37. The van der Waals surface area contributed by atoms with Gasteiger partial charge in [0.25, 0.3) is 0 Å². The SMILES string of the molecule is CSCCCNC(=NCc1nnc(C)n1C)N1CCN(c2ccccn2)CC1.I. The van der Waals surface area contributed by atoms with Crippen LogP contribution in [0.15, 0.2) is 29.4 Å². The summed E-state index contributed by atoms with van der Waals surface area (Å²) in [5.74, 6) is 4.94. The maximum atomic E-state index is 4.85. The molecule has 0 atom stereocenters. The monoisotopic (exact) mass is 530 g/mol. The number of anilines is 1. The van der Waals surface area contributed by atoms with Gasteiger partial charge < -0.3 is 19.7 Å². The molecule has 3 rings (SSSR count). The number of guanidine groups is 1. The molecule has 1 fully saturated rings.